The average Bonchev–Trinajstić information content (AvgIpc) is 2.44. The van der Waals surface area contributed by atoms with Gasteiger partial charge >= 0.3 is 5.97 Å². The van der Waals surface area contributed by atoms with Crippen molar-refractivity contribution in [3.8, 4) is 11.5 Å². The first-order valence-corrected chi connectivity index (χ1v) is 7.11. The molecule has 21 heavy (non-hydrogen) atoms. The molecule has 2 rings (SSSR count). The van der Waals surface area contributed by atoms with Crippen LogP contribution in [-0.4, -0.2) is 13.1 Å². The Morgan fingerprint density at radius 2 is 1.95 bits per heavy atom. The van der Waals surface area contributed by atoms with Gasteiger partial charge in [-0.1, -0.05) is 11.6 Å². The first-order valence-electron chi connectivity index (χ1n) is 5.93. The zero-order valence-corrected chi connectivity index (χ0v) is 13.6. The van der Waals surface area contributed by atoms with E-state index in [1.807, 2.05) is 6.92 Å². The highest BCUT2D eigenvalue weighted by molar-refractivity contribution is 9.10. The molecule has 0 N–H and O–H groups in total. The molecule has 3 nitrogen and oxygen atoms in total. The minimum Gasteiger partial charge on any atom is -0.465 e. The molecular formula is C15H11BrClFO3. The molecular weight excluding hydrogens is 363 g/mol. The molecule has 0 aliphatic heterocycles. The molecule has 0 saturated carbocycles. The van der Waals surface area contributed by atoms with E-state index in [1.165, 1.54) is 13.2 Å². The van der Waals surface area contributed by atoms with Gasteiger partial charge in [0.1, 0.15) is 17.3 Å². The second-order valence-corrected chi connectivity index (χ2v) is 5.56. The fourth-order valence-electron chi connectivity index (χ4n) is 1.72. The van der Waals surface area contributed by atoms with Gasteiger partial charge in [0.2, 0.25) is 0 Å². The molecule has 0 aliphatic rings. The van der Waals surface area contributed by atoms with Crippen molar-refractivity contribution in [2.24, 2.45) is 0 Å². The van der Waals surface area contributed by atoms with E-state index < -0.39 is 11.8 Å². The summed E-state index contributed by atoms with van der Waals surface area (Å²) in [5.74, 6) is -0.662. The first kappa shape index (κ1) is 15.8. The Bertz CT molecular complexity index is 704. The molecule has 0 atom stereocenters. The maximum atomic E-state index is 13.9. The minimum absolute atomic E-state index is 0.162. The highest BCUT2D eigenvalue weighted by Gasteiger charge is 2.17. The van der Waals surface area contributed by atoms with E-state index in [-0.39, 0.29) is 11.3 Å². The van der Waals surface area contributed by atoms with Crippen molar-refractivity contribution in [1.82, 2.24) is 0 Å². The van der Waals surface area contributed by atoms with Crippen LogP contribution in [0.15, 0.2) is 34.8 Å². The Kier molecular flexibility index (Phi) is 4.85. The monoisotopic (exact) mass is 372 g/mol. The SMILES string of the molecule is COC(=O)c1cc(Br)c(Oc2ccc(Cl)cc2C)cc1F. The molecule has 0 amide bonds. The first-order chi connectivity index (χ1) is 9.92. The number of aryl methyl sites for hydroxylation is 1. The van der Waals surface area contributed by atoms with E-state index in [0.717, 1.165) is 11.6 Å². The van der Waals surface area contributed by atoms with E-state index in [1.54, 1.807) is 18.2 Å². The Morgan fingerprint density at radius 1 is 1.24 bits per heavy atom. The molecule has 0 heterocycles. The summed E-state index contributed by atoms with van der Waals surface area (Å²) >= 11 is 9.12. The van der Waals surface area contributed by atoms with E-state index in [9.17, 15) is 9.18 Å². The number of carbonyl (C=O) groups is 1. The molecule has 0 unspecified atom stereocenters. The lowest BCUT2D eigenvalue weighted by Crippen LogP contribution is -2.05. The van der Waals surface area contributed by atoms with Crippen LogP contribution in [0.2, 0.25) is 5.02 Å². The summed E-state index contributed by atoms with van der Waals surface area (Å²) in [4.78, 5) is 11.4. The van der Waals surface area contributed by atoms with Gasteiger partial charge < -0.3 is 9.47 Å². The standard InChI is InChI=1S/C15H11BrClFO3/c1-8-5-9(17)3-4-13(8)21-14-7-12(18)10(6-11(14)16)15(19)20-2/h3-7H,1-2H3. The molecule has 0 spiro atoms. The van der Waals surface area contributed by atoms with Gasteiger partial charge in [-0.05, 0) is 52.7 Å². The van der Waals surface area contributed by atoms with Crippen LogP contribution in [0.1, 0.15) is 15.9 Å². The van der Waals surface area contributed by atoms with Crippen LogP contribution in [0.5, 0.6) is 11.5 Å². The van der Waals surface area contributed by atoms with Gasteiger partial charge in [-0.3, -0.25) is 0 Å². The number of ether oxygens (including phenoxy) is 2. The number of halogens is 3. The summed E-state index contributed by atoms with van der Waals surface area (Å²) in [6, 6.07) is 7.56. The van der Waals surface area contributed by atoms with Gasteiger partial charge in [0, 0.05) is 11.1 Å². The van der Waals surface area contributed by atoms with Crippen molar-refractivity contribution in [3.05, 3.63) is 56.8 Å². The van der Waals surface area contributed by atoms with Crippen molar-refractivity contribution in [2.45, 2.75) is 6.92 Å². The van der Waals surface area contributed by atoms with Crippen molar-refractivity contribution in [1.29, 1.82) is 0 Å². The average molecular weight is 374 g/mol. The summed E-state index contributed by atoms with van der Waals surface area (Å²) in [7, 11) is 1.19. The van der Waals surface area contributed by atoms with E-state index >= 15 is 0 Å². The Balaban J connectivity index is 2.37. The Hall–Kier alpha value is -1.59. The Labute approximate surface area is 134 Å². The third-order valence-electron chi connectivity index (χ3n) is 2.78. The fourth-order valence-corrected chi connectivity index (χ4v) is 2.37. The van der Waals surface area contributed by atoms with Gasteiger partial charge in [-0.25, -0.2) is 9.18 Å². The van der Waals surface area contributed by atoms with Crippen molar-refractivity contribution in [3.63, 3.8) is 0 Å². The van der Waals surface area contributed by atoms with Crippen LogP contribution >= 0.6 is 27.5 Å². The number of rotatable bonds is 3. The highest BCUT2D eigenvalue weighted by atomic mass is 79.9. The zero-order valence-electron chi connectivity index (χ0n) is 11.2. The quantitative estimate of drug-likeness (QED) is 0.700. The summed E-state index contributed by atoms with van der Waals surface area (Å²) in [6.07, 6.45) is 0. The Morgan fingerprint density at radius 3 is 2.57 bits per heavy atom. The predicted octanol–water partition coefficient (Wildman–Crippen LogP) is 5.13. The molecule has 6 heteroatoms. The second kappa shape index (κ2) is 6.45. The summed E-state index contributed by atoms with van der Waals surface area (Å²) in [6.45, 7) is 1.83. The summed E-state index contributed by atoms with van der Waals surface area (Å²) < 4.78 is 24.5. The lowest BCUT2D eigenvalue weighted by atomic mass is 10.2. The van der Waals surface area contributed by atoms with Crippen LogP contribution < -0.4 is 4.74 Å². The smallest absolute Gasteiger partial charge is 0.340 e. The van der Waals surface area contributed by atoms with Gasteiger partial charge in [0.05, 0.1) is 17.1 Å². The fraction of sp³-hybridized carbons (Fsp3) is 0.133. The van der Waals surface area contributed by atoms with Crippen molar-refractivity contribution >= 4 is 33.5 Å². The molecule has 0 saturated heterocycles. The zero-order chi connectivity index (χ0) is 15.6. The number of benzene rings is 2. The lowest BCUT2D eigenvalue weighted by molar-refractivity contribution is 0.0595. The van der Waals surface area contributed by atoms with E-state index in [4.69, 9.17) is 16.3 Å². The maximum Gasteiger partial charge on any atom is 0.340 e. The molecule has 110 valence electrons. The van der Waals surface area contributed by atoms with Gasteiger partial charge in [-0.2, -0.15) is 0 Å². The maximum absolute atomic E-state index is 13.9. The molecule has 2 aromatic carbocycles. The summed E-state index contributed by atoms with van der Waals surface area (Å²) in [5, 5.41) is 0.589. The number of methoxy groups -OCH3 is 1. The number of carbonyl (C=O) groups excluding carboxylic acids is 1. The molecule has 0 radical (unpaired) electrons. The number of hydrogen-bond acceptors (Lipinski definition) is 3. The summed E-state index contributed by atoms with van der Waals surface area (Å²) in [5.41, 5.74) is 0.649. The normalized spacial score (nSPS) is 10.3. The number of esters is 1. The van der Waals surface area contributed by atoms with Crippen LogP contribution in [0, 0.1) is 12.7 Å². The second-order valence-electron chi connectivity index (χ2n) is 4.27. The highest BCUT2D eigenvalue weighted by Crippen LogP contribution is 2.34. The van der Waals surface area contributed by atoms with Gasteiger partial charge in [0.25, 0.3) is 0 Å². The minimum atomic E-state index is -0.748. The van der Waals surface area contributed by atoms with Crippen LogP contribution in [0.3, 0.4) is 0 Å². The van der Waals surface area contributed by atoms with Crippen LogP contribution in [0.4, 0.5) is 4.39 Å². The molecule has 0 aliphatic carbocycles. The van der Waals surface area contributed by atoms with Crippen molar-refractivity contribution < 1.29 is 18.7 Å². The molecule has 0 aromatic heterocycles. The van der Waals surface area contributed by atoms with Crippen molar-refractivity contribution in [2.75, 3.05) is 7.11 Å². The molecule has 0 fully saturated rings. The molecule has 2 aromatic rings. The number of hydrogen-bond donors (Lipinski definition) is 0. The van der Waals surface area contributed by atoms with Crippen LogP contribution in [-0.2, 0) is 4.74 Å². The third-order valence-corrected chi connectivity index (χ3v) is 3.64. The largest absolute Gasteiger partial charge is 0.465 e. The lowest BCUT2D eigenvalue weighted by Gasteiger charge is -2.12. The predicted molar refractivity (Wildman–Crippen MR) is 81.7 cm³/mol. The van der Waals surface area contributed by atoms with Gasteiger partial charge in [0.15, 0.2) is 0 Å². The topological polar surface area (TPSA) is 35.5 Å². The molecule has 0 bridgehead atoms. The van der Waals surface area contributed by atoms with Crippen LogP contribution in [0.25, 0.3) is 0 Å². The van der Waals surface area contributed by atoms with E-state index in [2.05, 4.69) is 20.7 Å². The van der Waals surface area contributed by atoms with Gasteiger partial charge in [-0.15, -0.1) is 0 Å². The third kappa shape index (κ3) is 3.54. The van der Waals surface area contributed by atoms with E-state index in [0.29, 0.717) is 15.2 Å².